The molecule has 0 saturated heterocycles. The predicted molar refractivity (Wildman–Crippen MR) is 127 cm³/mol. The van der Waals surface area contributed by atoms with Crippen LogP contribution in [0.25, 0.3) is 22.3 Å². The maximum atomic E-state index is 5.74. The second-order valence-corrected chi connectivity index (χ2v) is 8.00. The van der Waals surface area contributed by atoms with Gasteiger partial charge in [-0.2, -0.15) is 0 Å². The van der Waals surface area contributed by atoms with Crippen molar-refractivity contribution in [1.82, 2.24) is 0 Å². The van der Waals surface area contributed by atoms with E-state index in [-0.39, 0.29) is 0 Å². The highest BCUT2D eigenvalue weighted by molar-refractivity contribution is 5.75. The number of aryl methyl sites for hydroxylation is 3. The zero-order valence-electron chi connectivity index (χ0n) is 18.8. The summed E-state index contributed by atoms with van der Waals surface area (Å²) >= 11 is 0. The van der Waals surface area contributed by atoms with E-state index in [4.69, 9.17) is 9.47 Å². The molecule has 0 radical (unpaired) electrons. The molecule has 0 aliphatic rings. The van der Waals surface area contributed by atoms with Gasteiger partial charge in [0.2, 0.25) is 0 Å². The summed E-state index contributed by atoms with van der Waals surface area (Å²) in [5.74, 6) is 0.890. The van der Waals surface area contributed by atoms with Crippen molar-refractivity contribution in [3.63, 3.8) is 0 Å². The Kier molecular flexibility index (Phi) is 8.10. The molecule has 0 amide bonds. The summed E-state index contributed by atoms with van der Waals surface area (Å²) in [4.78, 5) is 0. The molecule has 0 aromatic heterocycles. The molecule has 158 valence electrons. The highest BCUT2D eigenvalue weighted by Crippen LogP contribution is 2.32. The van der Waals surface area contributed by atoms with Gasteiger partial charge in [0.1, 0.15) is 12.4 Å². The van der Waals surface area contributed by atoms with Gasteiger partial charge in [-0.25, -0.2) is 0 Å². The van der Waals surface area contributed by atoms with Crippen LogP contribution in [0.2, 0.25) is 0 Å². The lowest BCUT2D eigenvalue weighted by Gasteiger charge is -2.14. The van der Waals surface area contributed by atoms with E-state index >= 15 is 0 Å². The molecule has 0 aliphatic carbocycles. The van der Waals surface area contributed by atoms with Crippen LogP contribution in [-0.2, 0) is 11.2 Å². The van der Waals surface area contributed by atoms with Gasteiger partial charge in [0.15, 0.2) is 0 Å². The Morgan fingerprint density at radius 2 is 1.37 bits per heavy atom. The van der Waals surface area contributed by atoms with Gasteiger partial charge in [-0.05, 0) is 77.8 Å². The smallest absolute Gasteiger partial charge is 0.119 e. The van der Waals surface area contributed by atoms with E-state index in [1.54, 1.807) is 7.11 Å². The highest BCUT2D eigenvalue weighted by atomic mass is 16.5. The zero-order chi connectivity index (χ0) is 21.3. The Morgan fingerprint density at radius 1 is 0.700 bits per heavy atom. The van der Waals surface area contributed by atoms with E-state index in [2.05, 4.69) is 75.4 Å². The van der Waals surface area contributed by atoms with Crippen molar-refractivity contribution in [2.75, 3.05) is 20.3 Å². The lowest BCUT2D eigenvalue weighted by atomic mass is 9.93. The van der Waals surface area contributed by atoms with Crippen molar-refractivity contribution in [2.45, 2.75) is 46.5 Å². The molecule has 0 unspecified atom stereocenters. The SMILES string of the molecule is CCCCCc1ccc(-c2ccc(-c3ccc(OCCOC)cc3C)c(C)c2)cc1. The van der Waals surface area contributed by atoms with Crippen molar-refractivity contribution in [2.24, 2.45) is 0 Å². The molecule has 3 aromatic rings. The van der Waals surface area contributed by atoms with E-state index in [1.807, 2.05) is 6.07 Å². The fourth-order valence-corrected chi connectivity index (χ4v) is 3.86. The first-order chi connectivity index (χ1) is 14.6. The summed E-state index contributed by atoms with van der Waals surface area (Å²) in [6.07, 6.45) is 5.03. The van der Waals surface area contributed by atoms with E-state index in [9.17, 15) is 0 Å². The molecule has 0 bridgehead atoms. The molecular weight excluding hydrogens is 368 g/mol. The molecular formula is C28H34O2. The normalized spacial score (nSPS) is 10.9. The largest absolute Gasteiger partial charge is 0.491 e. The first-order valence-corrected chi connectivity index (χ1v) is 11.0. The molecule has 0 N–H and O–H groups in total. The summed E-state index contributed by atoms with van der Waals surface area (Å²) in [7, 11) is 1.69. The Morgan fingerprint density at radius 3 is 2.00 bits per heavy atom. The van der Waals surface area contributed by atoms with Gasteiger partial charge < -0.3 is 9.47 Å². The van der Waals surface area contributed by atoms with Crippen LogP contribution < -0.4 is 4.74 Å². The standard InChI is InChI=1S/C28H34O2/c1-5-6-7-8-23-9-11-24(12-10-23)25-13-15-27(21(2)19-25)28-16-14-26(20-22(28)3)30-18-17-29-4/h9-16,19-20H,5-8,17-18H2,1-4H3. The van der Waals surface area contributed by atoms with Crippen molar-refractivity contribution >= 4 is 0 Å². The Labute approximate surface area is 181 Å². The van der Waals surface area contributed by atoms with Crippen LogP contribution in [0.5, 0.6) is 5.75 Å². The van der Waals surface area contributed by atoms with Crippen LogP contribution in [0.3, 0.4) is 0 Å². The predicted octanol–water partition coefficient (Wildman–Crippen LogP) is 7.40. The highest BCUT2D eigenvalue weighted by Gasteiger charge is 2.09. The fraction of sp³-hybridized carbons (Fsp3) is 0.357. The minimum absolute atomic E-state index is 0.570. The first kappa shape index (κ1) is 22.1. The number of hydrogen-bond acceptors (Lipinski definition) is 2. The van der Waals surface area contributed by atoms with Crippen LogP contribution in [-0.4, -0.2) is 20.3 Å². The summed E-state index contributed by atoms with van der Waals surface area (Å²) in [6, 6.07) is 22.2. The molecule has 3 aromatic carbocycles. The van der Waals surface area contributed by atoms with E-state index < -0.39 is 0 Å². The van der Waals surface area contributed by atoms with Crippen molar-refractivity contribution < 1.29 is 9.47 Å². The molecule has 3 rings (SSSR count). The van der Waals surface area contributed by atoms with Gasteiger partial charge in [0, 0.05) is 7.11 Å². The lowest BCUT2D eigenvalue weighted by Crippen LogP contribution is -2.04. The van der Waals surface area contributed by atoms with Gasteiger partial charge in [0.25, 0.3) is 0 Å². The number of ether oxygens (including phenoxy) is 2. The minimum atomic E-state index is 0.570. The number of methoxy groups -OCH3 is 1. The molecule has 30 heavy (non-hydrogen) atoms. The average Bonchev–Trinajstić information content (AvgIpc) is 2.75. The number of benzene rings is 3. The Balaban J connectivity index is 1.75. The van der Waals surface area contributed by atoms with Crippen molar-refractivity contribution in [3.05, 3.63) is 77.4 Å². The number of rotatable bonds is 10. The quantitative estimate of drug-likeness (QED) is 0.329. The molecule has 2 heteroatoms. The first-order valence-electron chi connectivity index (χ1n) is 11.0. The van der Waals surface area contributed by atoms with Gasteiger partial charge in [-0.15, -0.1) is 0 Å². The van der Waals surface area contributed by atoms with Crippen molar-refractivity contribution in [3.8, 4) is 28.0 Å². The van der Waals surface area contributed by atoms with Crippen LogP contribution in [0.4, 0.5) is 0 Å². The summed E-state index contributed by atoms with van der Waals surface area (Å²) in [5, 5.41) is 0. The average molecular weight is 403 g/mol. The van der Waals surface area contributed by atoms with E-state index in [0.717, 1.165) is 5.75 Å². The Bertz CT molecular complexity index is 941. The van der Waals surface area contributed by atoms with Crippen LogP contribution in [0, 0.1) is 13.8 Å². The second kappa shape index (κ2) is 11.0. The molecule has 0 saturated carbocycles. The summed E-state index contributed by atoms with van der Waals surface area (Å²) < 4.78 is 10.8. The molecule has 0 heterocycles. The monoisotopic (exact) mass is 402 g/mol. The fourth-order valence-electron chi connectivity index (χ4n) is 3.86. The van der Waals surface area contributed by atoms with Crippen LogP contribution >= 0.6 is 0 Å². The third-order valence-corrected chi connectivity index (χ3v) is 5.63. The molecule has 0 fully saturated rings. The van der Waals surface area contributed by atoms with Gasteiger partial charge in [-0.3, -0.25) is 0 Å². The van der Waals surface area contributed by atoms with Crippen molar-refractivity contribution in [1.29, 1.82) is 0 Å². The maximum Gasteiger partial charge on any atom is 0.119 e. The molecule has 2 nitrogen and oxygen atoms in total. The van der Waals surface area contributed by atoms with Gasteiger partial charge in [-0.1, -0.05) is 68.3 Å². The van der Waals surface area contributed by atoms with Crippen LogP contribution in [0.15, 0.2) is 60.7 Å². The molecule has 0 atom stereocenters. The lowest BCUT2D eigenvalue weighted by molar-refractivity contribution is 0.146. The van der Waals surface area contributed by atoms with Crippen LogP contribution in [0.1, 0.15) is 42.9 Å². The molecule has 0 aliphatic heterocycles. The number of unbranched alkanes of at least 4 members (excludes halogenated alkanes) is 2. The second-order valence-electron chi connectivity index (χ2n) is 8.00. The molecule has 0 spiro atoms. The third-order valence-electron chi connectivity index (χ3n) is 5.63. The van der Waals surface area contributed by atoms with Gasteiger partial charge in [0.05, 0.1) is 6.61 Å². The van der Waals surface area contributed by atoms with Gasteiger partial charge >= 0.3 is 0 Å². The Hall–Kier alpha value is -2.58. The van der Waals surface area contributed by atoms with E-state index in [1.165, 1.54) is 64.6 Å². The summed E-state index contributed by atoms with van der Waals surface area (Å²) in [6.45, 7) is 7.76. The maximum absolute atomic E-state index is 5.74. The topological polar surface area (TPSA) is 18.5 Å². The zero-order valence-corrected chi connectivity index (χ0v) is 18.8. The minimum Gasteiger partial charge on any atom is -0.491 e. The summed E-state index contributed by atoms with van der Waals surface area (Å²) in [5.41, 5.74) is 9.02. The third kappa shape index (κ3) is 5.73. The van der Waals surface area contributed by atoms with E-state index in [0.29, 0.717) is 13.2 Å². The number of hydrogen-bond donors (Lipinski definition) is 0.